The first-order chi connectivity index (χ1) is 9.08. The Balaban J connectivity index is 2.61. The highest BCUT2D eigenvalue weighted by molar-refractivity contribution is 9.10. The number of nitrogens with two attached hydrogens (primary N) is 1. The highest BCUT2D eigenvalue weighted by atomic mass is 79.9. The van der Waals surface area contributed by atoms with Gasteiger partial charge in [0.05, 0.1) is 14.2 Å². The van der Waals surface area contributed by atoms with Gasteiger partial charge in [-0.1, -0.05) is 6.07 Å². The number of ether oxygens (including phenoxy) is 2. The third kappa shape index (κ3) is 2.54. The van der Waals surface area contributed by atoms with Gasteiger partial charge < -0.3 is 15.2 Å². The summed E-state index contributed by atoms with van der Waals surface area (Å²) in [5.41, 5.74) is 9.75. The SMILES string of the molecule is COc1ccc(-c2ccc(N)c(C)c2)c(OC)c1Br. The van der Waals surface area contributed by atoms with E-state index in [1.165, 1.54) is 0 Å². The molecular formula is C15H16BrNO2. The molecule has 0 aliphatic heterocycles. The number of methoxy groups -OCH3 is 2. The quantitative estimate of drug-likeness (QED) is 0.868. The van der Waals surface area contributed by atoms with E-state index in [9.17, 15) is 0 Å². The molecule has 0 radical (unpaired) electrons. The predicted molar refractivity (Wildman–Crippen MR) is 81.8 cm³/mol. The second-order valence-corrected chi connectivity index (χ2v) is 5.03. The molecule has 0 saturated carbocycles. The normalized spacial score (nSPS) is 10.3. The van der Waals surface area contributed by atoms with E-state index < -0.39 is 0 Å². The largest absolute Gasteiger partial charge is 0.495 e. The monoisotopic (exact) mass is 321 g/mol. The van der Waals surface area contributed by atoms with Crippen LogP contribution in [-0.2, 0) is 0 Å². The summed E-state index contributed by atoms with van der Waals surface area (Å²) in [7, 11) is 3.28. The van der Waals surface area contributed by atoms with E-state index in [2.05, 4.69) is 15.9 Å². The summed E-state index contributed by atoms with van der Waals surface area (Å²) in [4.78, 5) is 0. The molecule has 2 N–H and O–H groups in total. The molecule has 0 heterocycles. The summed E-state index contributed by atoms with van der Waals surface area (Å²) < 4.78 is 11.6. The van der Waals surface area contributed by atoms with E-state index in [4.69, 9.17) is 15.2 Å². The molecule has 100 valence electrons. The molecule has 2 rings (SSSR count). The molecule has 0 bridgehead atoms. The third-order valence-electron chi connectivity index (χ3n) is 3.07. The summed E-state index contributed by atoms with van der Waals surface area (Å²) >= 11 is 3.51. The zero-order valence-electron chi connectivity index (χ0n) is 11.2. The molecule has 2 aromatic carbocycles. The maximum atomic E-state index is 5.85. The number of halogens is 1. The summed E-state index contributed by atoms with van der Waals surface area (Å²) in [6.07, 6.45) is 0. The zero-order chi connectivity index (χ0) is 14.0. The average molecular weight is 322 g/mol. The van der Waals surface area contributed by atoms with Gasteiger partial charge in [0.25, 0.3) is 0 Å². The van der Waals surface area contributed by atoms with E-state index in [0.717, 1.165) is 38.3 Å². The van der Waals surface area contributed by atoms with E-state index in [1.54, 1.807) is 14.2 Å². The lowest BCUT2D eigenvalue weighted by Crippen LogP contribution is -1.94. The highest BCUT2D eigenvalue weighted by Gasteiger charge is 2.14. The van der Waals surface area contributed by atoms with Gasteiger partial charge in [-0.3, -0.25) is 0 Å². The number of hydrogen-bond acceptors (Lipinski definition) is 3. The fraction of sp³-hybridized carbons (Fsp3) is 0.200. The van der Waals surface area contributed by atoms with Gasteiger partial charge in [-0.15, -0.1) is 0 Å². The lowest BCUT2D eigenvalue weighted by Gasteiger charge is -2.14. The van der Waals surface area contributed by atoms with Crippen LogP contribution in [0.25, 0.3) is 11.1 Å². The molecule has 0 unspecified atom stereocenters. The number of anilines is 1. The summed E-state index contributed by atoms with van der Waals surface area (Å²) in [5, 5.41) is 0. The van der Waals surface area contributed by atoms with Crippen LogP contribution in [0.3, 0.4) is 0 Å². The number of aryl methyl sites for hydroxylation is 1. The summed E-state index contributed by atoms with van der Waals surface area (Å²) in [6.45, 7) is 1.99. The third-order valence-corrected chi connectivity index (χ3v) is 3.82. The van der Waals surface area contributed by atoms with Crippen LogP contribution < -0.4 is 15.2 Å². The fourth-order valence-corrected chi connectivity index (χ4v) is 2.64. The molecule has 0 atom stereocenters. The highest BCUT2D eigenvalue weighted by Crippen LogP contribution is 2.42. The first-order valence-corrected chi connectivity index (χ1v) is 6.64. The summed E-state index contributed by atoms with van der Waals surface area (Å²) in [5.74, 6) is 1.50. The Bertz CT molecular complexity index is 611. The van der Waals surface area contributed by atoms with Crippen molar-refractivity contribution in [2.24, 2.45) is 0 Å². The molecule has 2 aromatic rings. The Kier molecular flexibility index (Phi) is 4.00. The lowest BCUT2D eigenvalue weighted by molar-refractivity contribution is 0.390. The van der Waals surface area contributed by atoms with E-state index in [-0.39, 0.29) is 0 Å². The van der Waals surface area contributed by atoms with Crippen LogP contribution in [0, 0.1) is 6.92 Å². The first-order valence-electron chi connectivity index (χ1n) is 5.85. The van der Waals surface area contributed by atoms with Gasteiger partial charge in [-0.25, -0.2) is 0 Å². The predicted octanol–water partition coefficient (Wildman–Crippen LogP) is 4.02. The number of rotatable bonds is 3. The maximum Gasteiger partial charge on any atom is 0.144 e. The van der Waals surface area contributed by atoms with Gasteiger partial charge in [0.1, 0.15) is 16.0 Å². The van der Waals surface area contributed by atoms with Gasteiger partial charge in [-0.05, 0) is 58.2 Å². The van der Waals surface area contributed by atoms with Crippen molar-refractivity contribution in [2.75, 3.05) is 20.0 Å². The Morgan fingerprint density at radius 1 is 1.05 bits per heavy atom. The van der Waals surface area contributed by atoms with Gasteiger partial charge in [-0.2, -0.15) is 0 Å². The van der Waals surface area contributed by atoms with Gasteiger partial charge in [0.2, 0.25) is 0 Å². The molecular weight excluding hydrogens is 306 g/mol. The van der Waals surface area contributed by atoms with E-state index in [0.29, 0.717) is 0 Å². The smallest absolute Gasteiger partial charge is 0.144 e. The molecule has 4 heteroatoms. The number of benzene rings is 2. The standard InChI is InChI=1S/C15H16BrNO2/c1-9-8-10(4-6-12(9)17)11-5-7-13(18-2)14(16)15(11)19-3/h4-8H,17H2,1-3H3. The van der Waals surface area contributed by atoms with Crippen molar-refractivity contribution in [1.82, 2.24) is 0 Å². The minimum Gasteiger partial charge on any atom is -0.495 e. The molecule has 0 spiro atoms. The topological polar surface area (TPSA) is 44.5 Å². The first kappa shape index (κ1) is 13.7. The van der Waals surface area contributed by atoms with Gasteiger partial charge in [0.15, 0.2) is 0 Å². The van der Waals surface area contributed by atoms with Crippen molar-refractivity contribution in [3.05, 3.63) is 40.4 Å². The maximum absolute atomic E-state index is 5.85. The molecule has 0 amide bonds. The van der Waals surface area contributed by atoms with Crippen molar-refractivity contribution in [1.29, 1.82) is 0 Å². The lowest BCUT2D eigenvalue weighted by atomic mass is 10.0. The Labute approximate surface area is 121 Å². The van der Waals surface area contributed by atoms with Crippen LogP contribution in [0.2, 0.25) is 0 Å². The molecule has 19 heavy (non-hydrogen) atoms. The van der Waals surface area contributed by atoms with E-state index in [1.807, 2.05) is 37.3 Å². The second kappa shape index (κ2) is 5.53. The van der Waals surface area contributed by atoms with Crippen LogP contribution in [0.1, 0.15) is 5.56 Å². The molecule has 0 aromatic heterocycles. The molecule has 0 aliphatic rings. The van der Waals surface area contributed by atoms with Gasteiger partial charge >= 0.3 is 0 Å². The Hall–Kier alpha value is -1.68. The van der Waals surface area contributed by atoms with Crippen LogP contribution in [0.4, 0.5) is 5.69 Å². The molecule has 0 aliphatic carbocycles. The molecule has 0 fully saturated rings. The summed E-state index contributed by atoms with van der Waals surface area (Å²) in [6, 6.07) is 9.83. The fourth-order valence-electron chi connectivity index (χ4n) is 1.97. The molecule has 0 saturated heterocycles. The second-order valence-electron chi connectivity index (χ2n) is 4.23. The van der Waals surface area contributed by atoms with Crippen LogP contribution in [-0.4, -0.2) is 14.2 Å². The van der Waals surface area contributed by atoms with Crippen molar-refractivity contribution >= 4 is 21.6 Å². The average Bonchev–Trinajstić information content (AvgIpc) is 2.41. The van der Waals surface area contributed by atoms with Gasteiger partial charge in [0, 0.05) is 11.3 Å². The Morgan fingerprint density at radius 2 is 1.79 bits per heavy atom. The van der Waals surface area contributed by atoms with Crippen molar-refractivity contribution < 1.29 is 9.47 Å². The van der Waals surface area contributed by atoms with Crippen molar-refractivity contribution in [3.8, 4) is 22.6 Å². The Morgan fingerprint density at radius 3 is 2.37 bits per heavy atom. The number of nitrogen functional groups attached to an aromatic ring is 1. The molecule has 3 nitrogen and oxygen atoms in total. The van der Waals surface area contributed by atoms with E-state index >= 15 is 0 Å². The minimum atomic E-state index is 0.743. The zero-order valence-corrected chi connectivity index (χ0v) is 12.7. The van der Waals surface area contributed by atoms with Crippen molar-refractivity contribution in [2.45, 2.75) is 6.92 Å². The van der Waals surface area contributed by atoms with Crippen molar-refractivity contribution in [3.63, 3.8) is 0 Å². The van der Waals surface area contributed by atoms with Crippen LogP contribution in [0.5, 0.6) is 11.5 Å². The minimum absolute atomic E-state index is 0.743. The number of hydrogen-bond donors (Lipinski definition) is 1. The van der Waals surface area contributed by atoms with Crippen LogP contribution in [0.15, 0.2) is 34.8 Å². The van der Waals surface area contributed by atoms with Crippen LogP contribution >= 0.6 is 15.9 Å².